The van der Waals surface area contributed by atoms with Crippen molar-refractivity contribution in [3.8, 4) is 0 Å². The predicted molar refractivity (Wildman–Crippen MR) is 69.2 cm³/mol. The fourth-order valence-electron chi connectivity index (χ4n) is 1.80. The molecular weight excluding hydrogens is 267 g/mol. The summed E-state index contributed by atoms with van der Waals surface area (Å²) in [4.78, 5) is 12.1. The highest BCUT2D eigenvalue weighted by Gasteiger charge is 2.30. The molecule has 0 heterocycles. The van der Waals surface area contributed by atoms with Gasteiger partial charge in [-0.2, -0.15) is 13.2 Å². The third kappa shape index (κ3) is 3.05. The number of carbonyl (C=O) groups excluding carboxylic acids is 1. The average Bonchev–Trinajstić information content (AvgIpc) is 2.46. The van der Waals surface area contributed by atoms with Gasteiger partial charge in [0, 0.05) is 17.7 Å². The van der Waals surface area contributed by atoms with Crippen molar-refractivity contribution < 1.29 is 18.0 Å². The zero-order valence-corrected chi connectivity index (χ0v) is 10.4. The molecule has 2 aromatic carbocycles. The highest BCUT2D eigenvalue weighted by molar-refractivity contribution is 6.09. The van der Waals surface area contributed by atoms with Crippen LogP contribution < -0.4 is 5.73 Å². The number of nitrogens with two attached hydrogens (primary N) is 1. The monoisotopic (exact) mass is 279 g/mol. The first kappa shape index (κ1) is 14.3. The number of alkyl halides is 3. The van der Waals surface area contributed by atoms with Gasteiger partial charge >= 0.3 is 6.18 Å². The van der Waals surface area contributed by atoms with E-state index < -0.39 is 17.5 Å². The number of halogens is 3. The van der Waals surface area contributed by atoms with Gasteiger partial charge in [0.05, 0.1) is 5.56 Å². The maximum Gasteiger partial charge on any atom is 0.416 e. The minimum absolute atomic E-state index is 0.0142. The second kappa shape index (κ2) is 5.46. The highest BCUT2D eigenvalue weighted by atomic mass is 19.4. The number of rotatable bonds is 3. The standard InChI is InChI=1S/C15H12F3NO/c16-15(17,18)13-3-1-2-12(8-13)14(20)11-6-4-10(9-19)5-7-11/h1-8H,9,19H2. The van der Waals surface area contributed by atoms with E-state index in [1.54, 1.807) is 24.3 Å². The molecule has 0 spiro atoms. The maximum atomic E-state index is 12.6. The van der Waals surface area contributed by atoms with Crippen LogP contribution in [-0.2, 0) is 12.7 Å². The molecule has 0 aliphatic carbocycles. The lowest BCUT2D eigenvalue weighted by Gasteiger charge is -2.08. The Morgan fingerprint density at radius 3 is 2.20 bits per heavy atom. The van der Waals surface area contributed by atoms with E-state index >= 15 is 0 Å². The molecule has 0 aliphatic heterocycles. The van der Waals surface area contributed by atoms with Crippen molar-refractivity contribution in [2.75, 3.05) is 0 Å². The number of hydrogen-bond donors (Lipinski definition) is 1. The summed E-state index contributed by atoms with van der Waals surface area (Å²) in [6.45, 7) is 0.345. The van der Waals surface area contributed by atoms with Crippen LogP contribution >= 0.6 is 0 Å². The molecule has 0 amide bonds. The largest absolute Gasteiger partial charge is 0.416 e. The van der Waals surface area contributed by atoms with Gasteiger partial charge in [0.2, 0.25) is 0 Å². The first-order chi connectivity index (χ1) is 9.41. The van der Waals surface area contributed by atoms with Crippen molar-refractivity contribution in [2.45, 2.75) is 12.7 Å². The smallest absolute Gasteiger partial charge is 0.326 e. The van der Waals surface area contributed by atoms with Crippen molar-refractivity contribution >= 4 is 5.78 Å². The van der Waals surface area contributed by atoms with Gasteiger partial charge in [0.1, 0.15) is 0 Å². The summed E-state index contributed by atoms with van der Waals surface area (Å²) in [6.07, 6.45) is -4.46. The van der Waals surface area contributed by atoms with E-state index in [1.165, 1.54) is 12.1 Å². The lowest BCUT2D eigenvalue weighted by atomic mass is 10.0. The molecule has 0 fully saturated rings. The van der Waals surface area contributed by atoms with Gasteiger partial charge in [-0.15, -0.1) is 0 Å². The van der Waals surface area contributed by atoms with Crippen LogP contribution in [0.2, 0.25) is 0 Å². The first-order valence-electron chi connectivity index (χ1n) is 5.93. The van der Waals surface area contributed by atoms with Crippen molar-refractivity contribution in [2.24, 2.45) is 5.73 Å². The minimum Gasteiger partial charge on any atom is -0.326 e. The second-order valence-electron chi connectivity index (χ2n) is 4.31. The molecule has 0 aromatic heterocycles. The fraction of sp³-hybridized carbons (Fsp3) is 0.133. The zero-order valence-electron chi connectivity index (χ0n) is 10.4. The lowest BCUT2D eigenvalue weighted by Crippen LogP contribution is -2.08. The summed E-state index contributed by atoms with van der Waals surface area (Å²) in [6, 6.07) is 10.9. The van der Waals surface area contributed by atoms with Crippen molar-refractivity contribution in [1.29, 1.82) is 0 Å². The molecule has 0 radical (unpaired) electrons. The molecule has 2 rings (SSSR count). The van der Waals surface area contributed by atoms with Crippen LogP contribution in [0.15, 0.2) is 48.5 Å². The van der Waals surface area contributed by atoms with Crippen LogP contribution in [0.3, 0.4) is 0 Å². The summed E-state index contributed by atoms with van der Waals surface area (Å²) >= 11 is 0. The van der Waals surface area contributed by atoms with Gasteiger partial charge in [-0.3, -0.25) is 4.79 Å². The van der Waals surface area contributed by atoms with Crippen LogP contribution in [0, 0.1) is 0 Å². The van der Waals surface area contributed by atoms with Crippen LogP contribution in [0.4, 0.5) is 13.2 Å². The van der Waals surface area contributed by atoms with Crippen molar-refractivity contribution in [1.82, 2.24) is 0 Å². The Morgan fingerprint density at radius 1 is 1.00 bits per heavy atom. The Bertz CT molecular complexity index is 618. The molecule has 0 bridgehead atoms. The molecule has 0 atom stereocenters. The van der Waals surface area contributed by atoms with Gasteiger partial charge in [0.15, 0.2) is 5.78 Å². The molecule has 20 heavy (non-hydrogen) atoms. The molecule has 0 aliphatic rings. The first-order valence-corrected chi connectivity index (χ1v) is 5.93. The van der Waals surface area contributed by atoms with Gasteiger partial charge in [0.25, 0.3) is 0 Å². The number of carbonyl (C=O) groups is 1. The summed E-state index contributed by atoms with van der Waals surface area (Å²) < 4.78 is 37.8. The number of hydrogen-bond acceptors (Lipinski definition) is 2. The quantitative estimate of drug-likeness (QED) is 0.875. The zero-order chi connectivity index (χ0) is 14.8. The van der Waals surface area contributed by atoms with E-state index in [0.29, 0.717) is 12.1 Å². The van der Waals surface area contributed by atoms with Crippen molar-refractivity contribution in [3.05, 3.63) is 70.8 Å². The van der Waals surface area contributed by atoms with Crippen LogP contribution in [0.5, 0.6) is 0 Å². The second-order valence-corrected chi connectivity index (χ2v) is 4.31. The summed E-state index contributed by atoms with van der Waals surface area (Å²) in [5, 5.41) is 0. The van der Waals surface area contributed by atoms with Crippen LogP contribution in [0.25, 0.3) is 0 Å². The molecule has 2 nitrogen and oxygen atoms in total. The Kier molecular flexibility index (Phi) is 3.90. The minimum atomic E-state index is -4.46. The van der Waals surface area contributed by atoms with E-state index in [9.17, 15) is 18.0 Å². The average molecular weight is 279 g/mol. The lowest BCUT2D eigenvalue weighted by molar-refractivity contribution is -0.137. The van der Waals surface area contributed by atoms with Crippen LogP contribution in [-0.4, -0.2) is 5.78 Å². The third-order valence-corrected chi connectivity index (χ3v) is 2.90. The highest BCUT2D eigenvalue weighted by Crippen LogP contribution is 2.30. The number of benzene rings is 2. The van der Waals surface area contributed by atoms with Crippen LogP contribution in [0.1, 0.15) is 27.0 Å². The van der Waals surface area contributed by atoms with Gasteiger partial charge in [-0.25, -0.2) is 0 Å². The molecule has 0 unspecified atom stereocenters. The summed E-state index contributed by atoms with van der Waals surface area (Å²) in [7, 11) is 0. The van der Waals surface area contributed by atoms with Gasteiger partial charge < -0.3 is 5.73 Å². The topological polar surface area (TPSA) is 43.1 Å². The molecular formula is C15H12F3NO. The van der Waals surface area contributed by atoms with E-state index in [1.807, 2.05) is 0 Å². The molecule has 104 valence electrons. The normalized spacial score (nSPS) is 11.4. The predicted octanol–water partition coefficient (Wildman–Crippen LogP) is 3.40. The Balaban J connectivity index is 2.33. The Labute approximate surface area is 114 Å². The molecule has 0 saturated heterocycles. The Morgan fingerprint density at radius 2 is 1.65 bits per heavy atom. The Hall–Kier alpha value is -2.14. The molecule has 0 saturated carbocycles. The van der Waals surface area contributed by atoms with Gasteiger partial charge in [-0.05, 0) is 17.7 Å². The van der Waals surface area contributed by atoms with E-state index in [-0.39, 0.29) is 5.56 Å². The van der Waals surface area contributed by atoms with Crippen molar-refractivity contribution in [3.63, 3.8) is 0 Å². The molecule has 5 heteroatoms. The van der Waals surface area contributed by atoms with Gasteiger partial charge in [-0.1, -0.05) is 36.4 Å². The van der Waals surface area contributed by atoms with E-state index in [0.717, 1.165) is 17.7 Å². The van der Waals surface area contributed by atoms with E-state index in [2.05, 4.69) is 0 Å². The summed E-state index contributed by atoms with van der Waals surface area (Å²) in [5.41, 5.74) is 5.81. The summed E-state index contributed by atoms with van der Waals surface area (Å²) in [5.74, 6) is -0.445. The number of ketones is 1. The fourth-order valence-corrected chi connectivity index (χ4v) is 1.80. The SMILES string of the molecule is NCc1ccc(C(=O)c2cccc(C(F)(F)F)c2)cc1. The third-order valence-electron chi connectivity index (χ3n) is 2.90. The maximum absolute atomic E-state index is 12.6. The van der Waals surface area contributed by atoms with E-state index in [4.69, 9.17) is 5.73 Å². The molecule has 2 N–H and O–H groups in total. The molecule has 2 aromatic rings.